The van der Waals surface area contributed by atoms with Crippen LogP contribution in [0.5, 0.6) is 11.5 Å². The Morgan fingerprint density at radius 1 is 0.710 bits per heavy atom. The van der Waals surface area contributed by atoms with Crippen LogP contribution in [0.4, 0.5) is 11.4 Å². The molecule has 0 bridgehead atoms. The van der Waals surface area contributed by atoms with Crippen molar-refractivity contribution in [3.8, 4) is 11.5 Å². The lowest BCUT2D eigenvalue weighted by atomic mass is 9.88. The molecule has 0 aliphatic heterocycles. The summed E-state index contributed by atoms with van der Waals surface area (Å²) >= 11 is 0. The van der Waals surface area contributed by atoms with Crippen LogP contribution < -0.4 is 10.6 Å². The molecular weight excluding hydrogens is 384 g/mol. The first-order valence-electron chi connectivity index (χ1n) is 12.1. The van der Waals surface area contributed by atoms with Gasteiger partial charge in [0.05, 0.1) is 11.4 Å². The highest BCUT2D eigenvalue weighted by Crippen LogP contribution is 2.36. The van der Waals surface area contributed by atoms with Gasteiger partial charge in [0.15, 0.2) is 0 Å². The zero-order valence-electron chi connectivity index (χ0n) is 20.0. The fraction of sp³-hybridized carbons (Fsp3) is 0.556. The second-order valence-corrected chi connectivity index (χ2v) is 8.89. The minimum Gasteiger partial charge on any atom is -0.506 e. The Labute approximate surface area is 189 Å². The summed E-state index contributed by atoms with van der Waals surface area (Å²) < 4.78 is 0. The van der Waals surface area contributed by atoms with Gasteiger partial charge in [0.2, 0.25) is 0 Å². The van der Waals surface area contributed by atoms with Crippen molar-refractivity contribution in [3.05, 3.63) is 47.5 Å². The van der Waals surface area contributed by atoms with Crippen LogP contribution in [0, 0.1) is 0 Å². The molecular formula is C27H42N2O2. The Hall–Kier alpha value is -2.36. The summed E-state index contributed by atoms with van der Waals surface area (Å²) in [6.45, 7) is 10.9. The standard InChI is InChI=1S/C27H42N2O2/c1-6-9-11-19(4)28-24-17-21(13-15-26(24)30)23(8-3)22-14-16-27(31)25(18-22)29-20(5)12-10-7-2/h13-20,23,28-31H,6-12H2,1-5H3. The van der Waals surface area contributed by atoms with Gasteiger partial charge in [-0.15, -0.1) is 0 Å². The maximum absolute atomic E-state index is 10.4. The van der Waals surface area contributed by atoms with Gasteiger partial charge in [-0.3, -0.25) is 0 Å². The number of phenols is 2. The van der Waals surface area contributed by atoms with E-state index < -0.39 is 0 Å². The maximum Gasteiger partial charge on any atom is 0.138 e. The van der Waals surface area contributed by atoms with Gasteiger partial charge in [-0.25, -0.2) is 0 Å². The van der Waals surface area contributed by atoms with Gasteiger partial charge >= 0.3 is 0 Å². The van der Waals surface area contributed by atoms with Crippen molar-refractivity contribution in [2.75, 3.05) is 10.6 Å². The minimum absolute atomic E-state index is 0.194. The lowest BCUT2D eigenvalue weighted by Crippen LogP contribution is -2.16. The molecule has 2 rings (SSSR count). The number of benzene rings is 2. The number of aromatic hydroxyl groups is 2. The van der Waals surface area contributed by atoms with E-state index in [1.54, 1.807) is 12.1 Å². The number of anilines is 2. The Balaban J connectivity index is 2.25. The van der Waals surface area contributed by atoms with Crippen molar-refractivity contribution in [1.82, 2.24) is 0 Å². The highest BCUT2D eigenvalue weighted by molar-refractivity contribution is 5.61. The molecule has 4 nitrogen and oxygen atoms in total. The van der Waals surface area contributed by atoms with Gasteiger partial charge in [-0.1, -0.05) is 58.6 Å². The van der Waals surface area contributed by atoms with Crippen LogP contribution in [0.15, 0.2) is 36.4 Å². The predicted molar refractivity (Wildman–Crippen MR) is 134 cm³/mol. The molecule has 2 aromatic carbocycles. The third-order valence-electron chi connectivity index (χ3n) is 6.04. The summed E-state index contributed by atoms with van der Waals surface area (Å²) in [4.78, 5) is 0. The van der Waals surface area contributed by atoms with E-state index in [0.717, 1.165) is 30.6 Å². The van der Waals surface area contributed by atoms with Gasteiger partial charge in [0, 0.05) is 18.0 Å². The van der Waals surface area contributed by atoms with E-state index in [1.165, 1.54) is 36.8 Å². The molecule has 31 heavy (non-hydrogen) atoms. The number of hydrogen-bond donors (Lipinski definition) is 4. The summed E-state index contributed by atoms with van der Waals surface area (Å²) in [5, 5.41) is 27.7. The second kappa shape index (κ2) is 12.5. The lowest BCUT2D eigenvalue weighted by Gasteiger charge is -2.22. The minimum atomic E-state index is 0.194. The van der Waals surface area contributed by atoms with Crippen molar-refractivity contribution >= 4 is 11.4 Å². The monoisotopic (exact) mass is 426 g/mol. The average Bonchev–Trinajstić information content (AvgIpc) is 2.75. The highest BCUT2D eigenvalue weighted by Gasteiger charge is 2.17. The topological polar surface area (TPSA) is 64.5 Å². The first kappa shape index (κ1) is 24.9. The van der Waals surface area contributed by atoms with Crippen LogP contribution in [-0.2, 0) is 0 Å². The van der Waals surface area contributed by atoms with Crippen LogP contribution in [0.1, 0.15) is 96.6 Å². The van der Waals surface area contributed by atoms with Crippen molar-refractivity contribution in [1.29, 1.82) is 0 Å². The molecule has 2 aromatic rings. The smallest absolute Gasteiger partial charge is 0.138 e. The average molecular weight is 427 g/mol. The van der Waals surface area contributed by atoms with E-state index in [2.05, 4.69) is 57.4 Å². The van der Waals surface area contributed by atoms with E-state index in [0.29, 0.717) is 23.6 Å². The van der Waals surface area contributed by atoms with Gasteiger partial charge < -0.3 is 20.8 Å². The van der Waals surface area contributed by atoms with Crippen molar-refractivity contribution in [2.24, 2.45) is 0 Å². The van der Waals surface area contributed by atoms with Crippen LogP contribution in [0.3, 0.4) is 0 Å². The largest absolute Gasteiger partial charge is 0.506 e. The molecule has 0 amide bonds. The Morgan fingerprint density at radius 3 is 1.48 bits per heavy atom. The van der Waals surface area contributed by atoms with Crippen molar-refractivity contribution < 1.29 is 10.2 Å². The molecule has 0 fully saturated rings. The van der Waals surface area contributed by atoms with Crippen LogP contribution in [0.25, 0.3) is 0 Å². The Kier molecular flexibility index (Phi) is 10.0. The highest BCUT2D eigenvalue weighted by atomic mass is 16.3. The normalized spacial score (nSPS) is 14.1. The number of hydrogen-bond acceptors (Lipinski definition) is 4. The summed E-state index contributed by atoms with van der Waals surface area (Å²) in [6.07, 6.45) is 7.79. The third-order valence-corrected chi connectivity index (χ3v) is 6.04. The zero-order valence-corrected chi connectivity index (χ0v) is 20.0. The number of nitrogens with one attached hydrogen (secondary N) is 2. The van der Waals surface area contributed by atoms with Crippen LogP contribution in [-0.4, -0.2) is 22.3 Å². The molecule has 0 spiro atoms. The van der Waals surface area contributed by atoms with Crippen LogP contribution in [0.2, 0.25) is 0 Å². The van der Waals surface area contributed by atoms with Gasteiger partial charge in [-0.2, -0.15) is 0 Å². The van der Waals surface area contributed by atoms with Crippen molar-refractivity contribution in [3.63, 3.8) is 0 Å². The van der Waals surface area contributed by atoms with E-state index in [-0.39, 0.29) is 5.92 Å². The second-order valence-electron chi connectivity index (χ2n) is 8.89. The fourth-order valence-electron chi connectivity index (χ4n) is 4.13. The Bertz CT molecular complexity index is 740. The summed E-state index contributed by atoms with van der Waals surface area (Å²) in [6, 6.07) is 12.4. The van der Waals surface area contributed by atoms with E-state index in [9.17, 15) is 10.2 Å². The molecule has 2 unspecified atom stereocenters. The maximum atomic E-state index is 10.4. The molecule has 0 aliphatic rings. The van der Waals surface area contributed by atoms with Crippen molar-refractivity contribution in [2.45, 2.75) is 97.6 Å². The molecule has 2 atom stereocenters. The van der Waals surface area contributed by atoms with E-state index in [4.69, 9.17) is 0 Å². The molecule has 0 radical (unpaired) electrons. The quantitative estimate of drug-likeness (QED) is 0.249. The molecule has 4 N–H and O–H groups in total. The lowest BCUT2D eigenvalue weighted by molar-refractivity contribution is 0.475. The molecule has 0 aromatic heterocycles. The van der Waals surface area contributed by atoms with Gasteiger partial charge in [0.1, 0.15) is 11.5 Å². The third kappa shape index (κ3) is 7.37. The number of phenolic OH excluding ortho intramolecular Hbond substituents is 2. The molecule has 0 aliphatic carbocycles. The Morgan fingerprint density at radius 2 is 1.13 bits per heavy atom. The van der Waals surface area contributed by atoms with Gasteiger partial charge in [0.25, 0.3) is 0 Å². The fourth-order valence-corrected chi connectivity index (χ4v) is 4.13. The summed E-state index contributed by atoms with van der Waals surface area (Å²) in [7, 11) is 0. The SMILES string of the molecule is CCCCC(C)Nc1cc(C(CC)c2ccc(O)c(NC(C)CCCC)c2)ccc1O. The first-order valence-corrected chi connectivity index (χ1v) is 12.1. The molecule has 4 heteroatoms. The number of rotatable bonds is 13. The molecule has 0 heterocycles. The van der Waals surface area contributed by atoms with Gasteiger partial charge in [-0.05, 0) is 68.5 Å². The molecule has 0 saturated carbocycles. The molecule has 0 saturated heterocycles. The van der Waals surface area contributed by atoms with E-state index in [1.807, 2.05) is 12.1 Å². The first-order chi connectivity index (χ1) is 14.9. The summed E-state index contributed by atoms with van der Waals surface area (Å²) in [5.74, 6) is 0.777. The van der Waals surface area contributed by atoms with E-state index >= 15 is 0 Å². The number of unbranched alkanes of at least 4 members (excludes halogenated alkanes) is 2. The van der Waals surface area contributed by atoms with Crippen LogP contribution >= 0.6 is 0 Å². The zero-order chi connectivity index (χ0) is 22.8. The molecule has 172 valence electrons. The summed E-state index contributed by atoms with van der Waals surface area (Å²) in [5.41, 5.74) is 3.93. The predicted octanol–water partition coefficient (Wildman–Crippen LogP) is 7.62.